The van der Waals surface area contributed by atoms with Gasteiger partial charge in [-0.15, -0.1) is 0 Å². The standard InChI is InChI=1S/C15H24N2O/c1-18-12-9-16-15-7-10-17(11-8-15)13-14-5-3-2-4-6-14/h2-6,15-16H,7-13H2,1H3/p+2. The van der Waals surface area contributed by atoms with E-state index in [0.717, 1.165) is 19.2 Å². The fourth-order valence-electron chi connectivity index (χ4n) is 2.77. The zero-order valence-electron chi connectivity index (χ0n) is 11.4. The lowest BCUT2D eigenvalue weighted by molar-refractivity contribution is -0.926. The van der Waals surface area contributed by atoms with E-state index >= 15 is 0 Å². The Kier molecular flexibility index (Phi) is 5.65. The molecule has 3 N–H and O–H groups in total. The minimum Gasteiger partial charge on any atom is -0.379 e. The summed E-state index contributed by atoms with van der Waals surface area (Å²) in [5, 5.41) is 2.46. The second-order valence-electron chi connectivity index (χ2n) is 5.27. The van der Waals surface area contributed by atoms with E-state index in [4.69, 9.17) is 4.74 Å². The van der Waals surface area contributed by atoms with E-state index in [1.807, 2.05) is 0 Å². The normalized spacial score (nSPS) is 24.1. The molecule has 1 aliphatic rings. The summed E-state index contributed by atoms with van der Waals surface area (Å²) in [6.07, 6.45) is 2.68. The van der Waals surface area contributed by atoms with E-state index in [0.29, 0.717) is 0 Å². The first kappa shape index (κ1) is 13.5. The summed E-state index contributed by atoms with van der Waals surface area (Å²) >= 11 is 0. The third kappa shape index (κ3) is 4.41. The number of quaternary nitrogens is 2. The van der Waals surface area contributed by atoms with Crippen molar-refractivity contribution in [2.24, 2.45) is 0 Å². The number of nitrogens with one attached hydrogen (secondary N) is 1. The van der Waals surface area contributed by atoms with Crippen molar-refractivity contribution in [3.8, 4) is 0 Å². The van der Waals surface area contributed by atoms with Crippen molar-refractivity contribution in [2.45, 2.75) is 25.4 Å². The van der Waals surface area contributed by atoms with Gasteiger partial charge in [0.2, 0.25) is 0 Å². The van der Waals surface area contributed by atoms with Crippen molar-refractivity contribution >= 4 is 0 Å². The van der Waals surface area contributed by atoms with Gasteiger partial charge in [0.25, 0.3) is 0 Å². The summed E-state index contributed by atoms with van der Waals surface area (Å²) in [5.74, 6) is 0. The summed E-state index contributed by atoms with van der Waals surface area (Å²) in [6, 6.07) is 11.7. The molecule has 1 saturated heterocycles. The lowest BCUT2D eigenvalue weighted by Gasteiger charge is -2.28. The van der Waals surface area contributed by atoms with Crippen LogP contribution in [0.1, 0.15) is 18.4 Å². The van der Waals surface area contributed by atoms with E-state index in [1.165, 1.54) is 38.0 Å². The van der Waals surface area contributed by atoms with Crippen LogP contribution in [0.4, 0.5) is 0 Å². The Morgan fingerprint density at radius 2 is 1.94 bits per heavy atom. The lowest BCUT2D eigenvalue weighted by Crippen LogP contribution is -3.13. The minimum atomic E-state index is 0.819. The molecule has 3 heteroatoms. The molecule has 1 heterocycles. The van der Waals surface area contributed by atoms with Gasteiger partial charge in [0.1, 0.15) is 6.54 Å². The minimum absolute atomic E-state index is 0.819. The van der Waals surface area contributed by atoms with Gasteiger partial charge >= 0.3 is 0 Å². The molecule has 18 heavy (non-hydrogen) atoms. The van der Waals surface area contributed by atoms with Gasteiger partial charge in [-0.3, -0.25) is 0 Å². The number of piperidine rings is 1. The highest BCUT2D eigenvalue weighted by Crippen LogP contribution is 1.98. The van der Waals surface area contributed by atoms with E-state index in [1.54, 1.807) is 12.0 Å². The first-order chi connectivity index (χ1) is 8.88. The number of rotatable bonds is 6. The Morgan fingerprint density at radius 1 is 1.22 bits per heavy atom. The molecule has 0 amide bonds. The van der Waals surface area contributed by atoms with Crippen molar-refractivity contribution in [3.63, 3.8) is 0 Å². The van der Waals surface area contributed by atoms with E-state index in [9.17, 15) is 0 Å². The topological polar surface area (TPSA) is 30.3 Å². The lowest BCUT2D eigenvalue weighted by atomic mass is 10.0. The largest absolute Gasteiger partial charge is 0.379 e. The summed E-state index contributed by atoms with van der Waals surface area (Å²) in [6.45, 7) is 5.78. The number of nitrogens with two attached hydrogens (primary N) is 1. The third-order valence-corrected chi connectivity index (χ3v) is 3.86. The van der Waals surface area contributed by atoms with Gasteiger partial charge < -0.3 is 15.0 Å². The highest BCUT2D eigenvalue weighted by Gasteiger charge is 2.23. The predicted octanol–water partition coefficient (Wildman–Crippen LogP) is -0.556. The van der Waals surface area contributed by atoms with E-state index < -0.39 is 0 Å². The molecule has 0 aliphatic carbocycles. The van der Waals surface area contributed by atoms with Crippen molar-refractivity contribution in [1.29, 1.82) is 0 Å². The Hall–Kier alpha value is -0.900. The van der Waals surface area contributed by atoms with Gasteiger partial charge in [0, 0.05) is 25.5 Å². The van der Waals surface area contributed by atoms with Crippen LogP contribution in [-0.4, -0.2) is 39.4 Å². The van der Waals surface area contributed by atoms with Gasteiger partial charge in [-0.25, -0.2) is 0 Å². The summed E-state index contributed by atoms with van der Waals surface area (Å²) in [7, 11) is 1.78. The highest BCUT2D eigenvalue weighted by atomic mass is 16.5. The number of hydrogen-bond acceptors (Lipinski definition) is 1. The molecule has 1 aliphatic heterocycles. The molecule has 1 fully saturated rings. The number of likely N-dealkylation sites (tertiary alicyclic amines) is 1. The molecule has 0 saturated carbocycles. The molecule has 0 aromatic heterocycles. The Balaban J connectivity index is 1.67. The van der Waals surface area contributed by atoms with Crippen LogP contribution in [-0.2, 0) is 11.3 Å². The van der Waals surface area contributed by atoms with Gasteiger partial charge in [0.05, 0.1) is 32.3 Å². The maximum Gasteiger partial charge on any atom is 0.103 e. The van der Waals surface area contributed by atoms with Gasteiger partial charge in [0.15, 0.2) is 0 Å². The number of methoxy groups -OCH3 is 1. The average molecular weight is 250 g/mol. The fourth-order valence-corrected chi connectivity index (χ4v) is 2.77. The molecule has 3 nitrogen and oxygen atoms in total. The smallest absolute Gasteiger partial charge is 0.103 e. The maximum absolute atomic E-state index is 5.10. The molecule has 0 atom stereocenters. The predicted molar refractivity (Wildman–Crippen MR) is 72.5 cm³/mol. The van der Waals surface area contributed by atoms with Crippen molar-refractivity contribution in [3.05, 3.63) is 35.9 Å². The number of hydrogen-bond donors (Lipinski definition) is 2. The van der Waals surface area contributed by atoms with Crippen LogP contribution in [0.25, 0.3) is 0 Å². The second kappa shape index (κ2) is 7.52. The van der Waals surface area contributed by atoms with Crippen molar-refractivity contribution in [2.75, 3.05) is 33.4 Å². The molecule has 0 spiro atoms. The molecular formula is C15H26N2O+2. The SMILES string of the molecule is COCC[NH2+]C1CC[NH+](Cc2ccccc2)CC1. The molecule has 0 bridgehead atoms. The molecule has 0 radical (unpaired) electrons. The molecule has 2 rings (SSSR count). The number of benzene rings is 1. The highest BCUT2D eigenvalue weighted by molar-refractivity contribution is 5.13. The van der Waals surface area contributed by atoms with E-state index in [2.05, 4.69) is 35.6 Å². The van der Waals surface area contributed by atoms with Gasteiger partial charge in [-0.2, -0.15) is 0 Å². The van der Waals surface area contributed by atoms with Crippen molar-refractivity contribution < 1.29 is 15.0 Å². The van der Waals surface area contributed by atoms with Crippen molar-refractivity contribution in [1.82, 2.24) is 0 Å². The van der Waals surface area contributed by atoms with Crippen LogP contribution in [0, 0.1) is 0 Å². The first-order valence-electron chi connectivity index (χ1n) is 7.08. The zero-order valence-corrected chi connectivity index (χ0v) is 11.4. The van der Waals surface area contributed by atoms with E-state index in [-0.39, 0.29) is 0 Å². The Labute approximate surface area is 110 Å². The summed E-state index contributed by atoms with van der Waals surface area (Å²) < 4.78 is 5.10. The average Bonchev–Trinajstić information content (AvgIpc) is 2.42. The van der Waals surface area contributed by atoms with Crippen LogP contribution < -0.4 is 10.2 Å². The maximum atomic E-state index is 5.10. The van der Waals surface area contributed by atoms with Crippen LogP contribution >= 0.6 is 0 Å². The third-order valence-electron chi connectivity index (χ3n) is 3.86. The zero-order chi connectivity index (χ0) is 12.6. The Morgan fingerprint density at radius 3 is 2.61 bits per heavy atom. The molecule has 1 aromatic rings. The molecule has 1 aromatic carbocycles. The van der Waals surface area contributed by atoms with Gasteiger partial charge in [-0.1, -0.05) is 30.3 Å². The molecular weight excluding hydrogens is 224 g/mol. The monoisotopic (exact) mass is 250 g/mol. The Bertz CT molecular complexity index is 321. The van der Waals surface area contributed by atoms with Gasteiger partial charge in [-0.05, 0) is 0 Å². The fraction of sp³-hybridized carbons (Fsp3) is 0.600. The van der Waals surface area contributed by atoms with Crippen LogP contribution in [0.5, 0.6) is 0 Å². The summed E-state index contributed by atoms with van der Waals surface area (Å²) in [4.78, 5) is 1.73. The summed E-state index contributed by atoms with van der Waals surface area (Å²) in [5.41, 5.74) is 1.47. The van der Waals surface area contributed by atoms with Crippen LogP contribution in [0.2, 0.25) is 0 Å². The second-order valence-corrected chi connectivity index (χ2v) is 5.27. The quantitative estimate of drug-likeness (QED) is 0.652. The van der Waals surface area contributed by atoms with Crippen LogP contribution in [0.3, 0.4) is 0 Å². The molecule has 100 valence electrons. The molecule has 0 unspecified atom stereocenters. The first-order valence-corrected chi connectivity index (χ1v) is 7.08. The number of ether oxygens (including phenoxy) is 1. The van der Waals surface area contributed by atoms with Crippen LogP contribution in [0.15, 0.2) is 30.3 Å².